The Balaban J connectivity index is 1.88. The van der Waals surface area contributed by atoms with Crippen LogP contribution in [-0.4, -0.2) is 33.0 Å². The van der Waals surface area contributed by atoms with E-state index in [-0.39, 0.29) is 0 Å². The van der Waals surface area contributed by atoms with Gasteiger partial charge in [-0.3, -0.25) is 0 Å². The summed E-state index contributed by atoms with van der Waals surface area (Å²) in [5, 5.41) is 0. The molecule has 0 saturated carbocycles. The van der Waals surface area contributed by atoms with Crippen LogP contribution in [0.25, 0.3) is 0 Å². The summed E-state index contributed by atoms with van der Waals surface area (Å²) in [6.45, 7) is 2.20. The molecule has 1 heterocycles. The van der Waals surface area contributed by atoms with Crippen molar-refractivity contribution in [3.05, 3.63) is 22.2 Å². The van der Waals surface area contributed by atoms with Crippen LogP contribution in [0.5, 0.6) is 11.5 Å². The molecule has 0 aromatic heterocycles. The van der Waals surface area contributed by atoms with E-state index >= 15 is 0 Å². The fourth-order valence-corrected chi connectivity index (χ4v) is 3.19. The third-order valence-corrected chi connectivity index (χ3v) is 4.25. The summed E-state index contributed by atoms with van der Waals surface area (Å²) in [6.07, 6.45) is 5.67. The Morgan fingerprint density at radius 2 is 2.29 bits per heavy atom. The van der Waals surface area contributed by atoms with Crippen molar-refractivity contribution in [2.45, 2.75) is 38.2 Å². The number of rotatable bonds is 8. The lowest BCUT2D eigenvalue weighted by atomic mass is 10.1. The fourth-order valence-electron chi connectivity index (χ4n) is 2.58. The van der Waals surface area contributed by atoms with Gasteiger partial charge in [0.05, 0.1) is 24.3 Å². The zero-order chi connectivity index (χ0) is 15.1. The molecule has 0 bridgehead atoms. The smallest absolute Gasteiger partial charge is 0.175 e. The molecule has 1 saturated heterocycles. The van der Waals surface area contributed by atoms with Crippen LogP contribution in [0.2, 0.25) is 0 Å². The van der Waals surface area contributed by atoms with Crippen molar-refractivity contribution in [2.75, 3.05) is 26.9 Å². The van der Waals surface area contributed by atoms with Gasteiger partial charge in [0.1, 0.15) is 0 Å². The van der Waals surface area contributed by atoms with Gasteiger partial charge in [-0.1, -0.05) is 0 Å². The molecule has 118 valence electrons. The minimum absolute atomic E-state index is 0.422. The molecule has 2 N–H and O–H groups in total. The van der Waals surface area contributed by atoms with E-state index in [1.54, 1.807) is 7.11 Å². The molecule has 1 aliphatic rings. The second-order valence-electron chi connectivity index (χ2n) is 5.27. The first-order chi connectivity index (χ1) is 10.2. The van der Waals surface area contributed by atoms with Gasteiger partial charge >= 0.3 is 0 Å². The van der Waals surface area contributed by atoms with Crippen LogP contribution in [0.4, 0.5) is 0 Å². The fraction of sp³-hybridized carbons (Fsp3) is 0.625. The Labute approximate surface area is 135 Å². The molecule has 2 rings (SSSR count). The number of ether oxygens (including phenoxy) is 3. The van der Waals surface area contributed by atoms with Gasteiger partial charge in [-0.15, -0.1) is 0 Å². The summed E-state index contributed by atoms with van der Waals surface area (Å²) in [7, 11) is 1.66. The Morgan fingerprint density at radius 3 is 2.95 bits per heavy atom. The first-order valence-electron chi connectivity index (χ1n) is 7.55. The number of halogens is 1. The van der Waals surface area contributed by atoms with Gasteiger partial charge in [-0.2, -0.15) is 0 Å². The van der Waals surface area contributed by atoms with Crippen LogP contribution in [0.3, 0.4) is 0 Å². The predicted octanol–water partition coefficient (Wildman–Crippen LogP) is 3.30. The van der Waals surface area contributed by atoms with E-state index < -0.39 is 0 Å². The van der Waals surface area contributed by atoms with Crippen LogP contribution >= 0.6 is 15.9 Å². The molecule has 21 heavy (non-hydrogen) atoms. The van der Waals surface area contributed by atoms with Crippen molar-refractivity contribution in [1.29, 1.82) is 0 Å². The third kappa shape index (κ3) is 4.87. The highest BCUT2D eigenvalue weighted by molar-refractivity contribution is 9.10. The predicted molar refractivity (Wildman–Crippen MR) is 87.2 cm³/mol. The van der Waals surface area contributed by atoms with Crippen molar-refractivity contribution in [3.63, 3.8) is 0 Å². The minimum Gasteiger partial charge on any atom is -0.493 e. The molecule has 1 aromatic rings. The topological polar surface area (TPSA) is 53.7 Å². The first kappa shape index (κ1) is 16.6. The van der Waals surface area contributed by atoms with E-state index in [0.29, 0.717) is 19.3 Å². The molecule has 0 aliphatic carbocycles. The number of benzene rings is 1. The van der Waals surface area contributed by atoms with Gasteiger partial charge in [0, 0.05) is 6.61 Å². The lowest BCUT2D eigenvalue weighted by molar-refractivity contribution is 0.0979. The zero-order valence-corrected chi connectivity index (χ0v) is 14.2. The summed E-state index contributed by atoms with van der Waals surface area (Å²) in [5.74, 6) is 1.52. The number of hydrogen-bond acceptors (Lipinski definition) is 4. The molecule has 1 atom stereocenters. The summed E-state index contributed by atoms with van der Waals surface area (Å²) in [4.78, 5) is 0. The maximum atomic E-state index is 5.89. The van der Waals surface area contributed by atoms with Gasteiger partial charge in [-0.25, -0.2) is 0 Å². The van der Waals surface area contributed by atoms with Crippen LogP contribution in [0.1, 0.15) is 31.2 Å². The molecule has 1 unspecified atom stereocenters. The highest BCUT2D eigenvalue weighted by atomic mass is 79.9. The van der Waals surface area contributed by atoms with Gasteiger partial charge in [0.15, 0.2) is 11.5 Å². The van der Waals surface area contributed by atoms with Crippen molar-refractivity contribution >= 4 is 15.9 Å². The normalized spacial score (nSPS) is 18.0. The van der Waals surface area contributed by atoms with E-state index in [1.165, 1.54) is 12.8 Å². The van der Waals surface area contributed by atoms with Gasteiger partial charge < -0.3 is 19.9 Å². The second kappa shape index (κ2) is 8.61. The van der Waals surface area contributed by atoms with Gasteiger partial charge in [-0.05, 0) is 72.3 Å². The molecule has 0 radical (unpaired) electrons. The van der Waals surface area contributed by atoms with Crippen LogP contribution in [0.15, 0.2) is 16.6 Å². The molecule has 1 aliphatic heterocycles. The molecule has 0 amide bonds. The lowest BCUT2D eigenvalue weighted by Crippen LogP contribution is -2.08. The molecule has 4 nitrogen and oxygen atoms in total. The molecule has 1 fully saturated rings. The third-order valence-electron chi connectivity index (χ3n) is 3.66. The summed E-state index contributed by atoms with van der Waals surface area (Å²) in [6, 6.07) is 4.04. The maximum absolute atomic E-state index is 5.89. The second-order valence-corrected chi connectivity index (χ2v) is 6.13. The van der Waals surface area contributed by atoms with Crippen LogP contribution in [-0.2, 0) is 11.2 Å². The molecular formula is C16H24BrNO3. The van der Waals surface area contributed by atoms with E-state index in [1.807, 2.05) is 12.1 Å². The van der Waals surface area contributed by atoms with Crippen molar-refractivity contribution in [3.8, 4) is 11.5 Å². The first-order valence-corrected chi connectivity index (χ1v) is 8.34. The van der Waals surface area contributed by atoms with Crippen LogP contribution < -0.4 is 15.2 Å². The number of methoxy groups -OCH3 is 1. The average molecular weight is 358 g/mol. The summed E-state index contributed by atoms with van der Waals surface area (Å²) >= 11 is 3.56. The Kier molecular flexibility index (Phi) is 6.80. The maximum Gasteiger partial charge on any atom is 0.175 e. The van der Waals surface area contributed by atoms with Crippen molar-refractivity contribution in [1.82, 2.24) is 0 Å². The lowest BCUT2D eigenvalue weighted by Gasteiger charge is -2.15. The molecule has 1 aromatic carbocycles. The quantitative estimate of drug-likeness (QED) is 0.725. The van der Waals surface area contributed by atoms with E-state index in [4.69, 9.17) is 19.9 Å². The van der Waals surface area contributed by atoms with Gasteiger partial charge in [0.25, 0.3) is 0 Å². The molecule has 0 spiro atoms. The summed E-state index contributed by atoms with van der Waals surface area (Å²) in [5.41, 5.74) is 6.75. The van der Waals surface area contributed by atoms with Gasteiger partial charge in [0.2, 0.25) is 0 Å². The largest absolute Gasteiger partial charge is 0.493 e. The molecule has 5 heteroatoms. The highest BCUT2D eigenvalue weighted by Gasteiger charge is 2.15. The average Bonchev–Trinajstić information content (AvgIpc) is 2.98. The van der Waals surface area contributed by atoms with Crippen molar-refractivity contribution < 1.29 is 14.2 Å². The SMILES string of the molecule is COc1cc(CCN)cc(Br)c1OCCCC1CCCO1. The summed E-state index contributed by atoms with van der Waals surface area (Å²) < 4.78 is 17.9. The van der Waals surface area contributed by atoms with Crippen LogP contribution in [0, 0.1) is 0 Å². The van der Waals surface area contributed by atoms with E-state index in [0.717, 1.165) is 47.4 Å². The Bertz CT molecular complexity index is 447. The minimum atomic E-state index is 0.422. The Hall–Kier alpha value is -0.780. The van der Waals surface area contributed by atoms with E-state index in [2.05, 4.69) is 15.9 Å². The number of nitrogens with two attached hydrogens (primary N) is 1. The highest BCUT2D eigenvalue weighted by Crippen LogP contribution is 2.37. The number of hydrogen-bond donors (Lipinski definition) is 1. The Morgan fingerprint density at radius 1 is 1.43 bits per heavy atom. The van der Waals surface area contributed by atoms with E-state index in [9.17, 15) is 0 Å². The zero-order valence-electron chi connectivity index (χ0n) is 12.6. The van der Waals surface area contributed by atoms with Crippen molar-refractivity contribution in [2.24, 2.45) is 5.73 Å². The monoisotopic (exact) mass is 357 g/mol. The standard InChI is InChI=1S/C16H24BrNO3/c1-19-15-11-12(6-7-18)10-14(17)16(15)21-9-3-5-13-4-2-8-20-13/h10-11,13H,2-9,18H2,1H3. The molecular weight excluding hydrogens is 334 g/mol.